The molecule has 2 bridgehead atoms. The van der Waals surface area contributed by atoms with Crippen LogP contribution >= 0.6 is 0 Å². The molecule has 0 saturated heterocycles. The summed E-state index contributed by atoms with van der Waals surface area (Å²) in [6.07, 6.45) is -1.73. The minimum Gasteiger partial charge on any atom is -0.255 e. The first kappa shape index (κ1) is 9.18. The largest absolute Gasteiger partial charge is 0.394 e. The van der Waals surface area contributed by atoms with Crippen LogP contribution in [0, 0.1) is 5.41 Å². The summed E-state index contributed by atoms with van der Waals surface area (Å²) in [5.74, 6) is 0. The number of aryl methyl sites for hydroxylation is 1. The second-order valence-corrected chi connectivity index (χ2v) is 4.87. The third kappa shape index (κ3) is 0.922. The maximum absolute atomic E-state index is 12.6. The average molecular weight is 217 g/mol. The predicted octanol–water partition coefficient (Wildman–Crippen LogP) is 1.80. The highest BCUT2D eigenvalue weighted by molar-refractivity contribution is 5.34. The summed E-state index contributed by atoms with van der Waals surface area (Å²) < 4.78 is 39.3. The van der Waals surface area contributed by atoms with Crippen molar-refractivity contribution in [1.82, 2.24) is 15.0 Å². The number of hydrogen-bond acceptors (Lipinski definition) is 2. The van der Waals surface area contributed by atoms with Gasteiger partial charge in [0.15, 0.2) is 0 Å². The van der Waals surface area contributed by atoms with E-state index in [4.69, 9.17) is 0 Å². The normalized spacial score (nSPS) is 38.4. The van der Waals surface area contributed by atoms with E-state index >= 15 is 0 Å². The van der Waals surface area contributed by atoms with Crippen molar-refractivity contribution in [2.45, 2.75) is 30.9 Å². The second-order valence-electron chi connectivity index (χ2n) is 4.87. The first-order valence-electron chi connectivity index (χ1n) is 4.81. The molecule has 15 heavy (non-hydrogen) atoms. The van der Waals surface area contributed by atoms with E-state index in [1.165, 1.54) is 4.68 Å². The minimum atomic E-state index is -4.04. The van der Waals surface area contributed by atoms with Crippen LogP contribution in [0.2, 0.25) is 0 Å². The molecule has 0 aliphatic heterocycles. The number of aromatic nitrogens is 3. The maximum atomic E-state index is 12.6. The third-order valence-electron chi connectivity index (χ3n) is 3.78. The molecule has 3 aliphatic carbocycles. The van der Waals surface area contributed by atoms with E-state index in [9.17, 15) is 13.2 Å². The van der Waals surface area contributed by atoms with Gasteiger partial charge in [-0.25, -0.2) is 0 Å². The van der Waals surface area contributed by atoms with Crippen LogP contribution in [0.4, 0.5) is 13.2 Å². The standard InChI is InChI=1S/C9H10F3N3/c1-15-2-6(13-14-15)7-3-8(4-7,5-7)9(10,11)12/h2H,3-5H2,1H3. The monoisotopic (exact) mass is 217 g/mol. The molecule has 0 spiro atoms. The van der Waals surface area contributed by atoms with E-state index in [-0.39, 0.29) is 24.7 Å². The molecule has 6 heteroatoms. The first-order valence-corrected chi connectivity index (χ1v) is 4.81. The van der Waals surface area contributed by atoms with Gasteiger partial charge in [-0.15, -0.1) is 5.10 Å². The van der Waals surface area contributed by atoms with Crippen molar-refractivity contribution < 1.29 is 13.2 Å². The topological polar surface area (TPSA) is 30.7 Å². The SMILES string of the molecule is Cn1cc(C23CC(C(F)(F)F)(C2)C3)nn1. The Labute approximate surface area is 84.3 Å². The Hall–Kier alpha value is -1.07. The molecule has 0 radical (unpaired) electrons. The van der Waals surface area contributed by atoms with Crippen molar-refractivity contribution in [2.75, 3.05) is 0 Å². The molecule has 0 atom stereocenters. The summed E-state index contributed by atoms with van der Waals surface area (Å²) in [6.45, 7) is 0. The molecule has 0 amide bonds. The van der Waals surface area contributed by atoms with Gasteiger partial charge in [0.1, 0.15) is 0 Å². The Morgan fingerprint density at radius 3 is 2.33 bits per heavy atom. The van der Waals surface area contributed by atoms with Crippen molar-refractivity contribution in [1.29, 1.82) is 0 Å². The highest BCUT2D eigenvalue weighted by Crippen LogP contribution is 2.78. The number of alkyl halides is 3. The van der Waals surface area contributed by atoms with E-state index < -0.39 is 11.6 Å². The van der Waals surface area contributed by atoms with Crippen LogP contribution in [0.25, 0.3) is 0 Å². The number of hydrogen-bond donors (Lipinski definition) is 0. The summed E-state index contributed by atoms with van der Waals surface area (Å²) in [5, 5.41) is 7.67. The van der Waals surface area contributed by atoms with Gasteiger partial charge in [0.2, 0.25) is 0 Å². The van der Waals surface area contributed by atoms with Gasteiger partial charge in [-0.3, -0.25) is 4.68 Å². The Morgan fingerprint density at radius 1 is 1.33 bits per heavy atom. The Kier molecular flexibility index (Phi) is 1.35. The van der Waals surface area contributed by atoms with E-state index in [0.717, 1.165) is 5.69 Å². The smallest absolute Gasteiger partial charge is 0.255 e. The zero-order valence-corrected chi connectivity index (χ0v) is 8.17. The molecule has 3 fully saturated rings. The van der Waals surface area contributed by atoms with Crippen molar-refractivity contribution in [3.05, 3.63) is 11.9 Å². The Balaban J connectivity index is 1.82. The molecule has 3 aliphatic rings. The van der Waals surface area contributed by atoms with Crippen LogP contribution in [-0.4, -0.2) is 21.2 Å². The van der Waals surface area contributed by atoms with Gasteiger partial charge in [-0.2, -0.15) is 13.2 Å². The molecule has 3 nitrogen and oxygen atoms in total. The fraction of sp³-hybridized carbons (Fsp3) is 0.778. The average Bonchev–Trinajstić information content (AvgIpc) is 2.25. The van der Waals surface area contributed by atoms with Gasteiger partial charge in [-0.1, -0.05) is 5.21 Å². The van der Waals surface area contributed by atoms with Gasteiger partial charge in [0.25, 0.3) is 0 Å². The van der Waals surface area contributed by atoms with Crippen LogP contribution in [0.5, 0.6) is 0 Å². The molecule has 0 N–H and O–H groups in total. The molecule has 0 unspecified atom stereocenters. The lowest BCUT2D eigenvalue weighted by molar-refractivity contribution is -0.337. The summed E-state index contributed by atoms with van der Waals surface area (Å²) in [5.41, 5.74) is -0.995. The van der Waals surface area contributed by atoms with Crippen LogP contribution in [-0.2, 0) is 12.5 Å². The highest BCUT2D eigenvalue weighted by Gasteiger charge is 2.79. The third-order valence-corrected chi connectivity index (χ3v) is 3.78. The summed E-state index contributed by atoms with van der Waals surface area (Å²) in [4.78, 5) is 0. The lowest BCUT2D eigenvalue weighted by atomic mass is 9.34. The molecule has 1 aromatic heterocycles. The predicted molar refractivity (Wildman–Crippen MR) is 45.0 cm³/mol. The second kappa shape index (κ2) is 2.20. The first-order chi connectivity index (χ1) is 6.87. The lowest BCUT2D eigenvalue weighted by Crippen LogP contribution is -2.70. The van der Waals surface area contributed by atoms with E-state index in [2.05, 4.69) is 10.3 Å². The van der Waals surface area contributed by atoms with Gasteiger partial charge in [0.05, 0.1) is 11.1 Å². The summed E-state index contributed by atoms with van der Waals surface area (Å²) in [7, 11) is 1.72. The zero-order valence-electron chi connectivity index (χ0n) is 8.17. The summed E-state index contributed by atoms with van der Waals surface area (Å²) >= 11 is 0. The fourth-order valence-corrected chi connectivity index (χ4v) is 2.95. The number of halogens is 3. The maximum Gasteiger partial charge on any atom is 0.394 e. The molecule has 3 saturated carbocycles. The molecule has 4 rings (SSSR count). The van der Waals surface area contributed by atoms with E-state index in [0.29, 0.717) is 0 Å². The van der Waals surface area contributed by atoms with Crippen LogP contribution in [0.3, 0.4) is 0 Å². The molecule has 1 heterocycles. The number of nitrogens with zero attached hydrogens (tertiary/aromatic N) is 3. The Morgan fingerprint density at radius 2 is 1.93 bits per heavy atom. The van der Waals surface area contributed by atoms with Gasteiger partial charge < -0.3 is 0 Å². The van der Waals surface area contributed by atoms with Gasteiger partial charge >= 0.3 is 6.18 Å². The number of rotatable bonds is 1. The molecule has 82 valence electrons. The van der Waals surface area contributed by atoms with E-state index in [1.54, 1.807) is 13.2 Å². The van der Waals surface area contributed by atoms with Crippen molar-refractivity contribution in [2.24, 2.45) is 12.5 Å². The molecule has 0 aromatic carbocycles. The van der Waals surface area contributed by atoms with E-state index in [1.807, 2.05) is 0 Å². The minimum absolute atomic E-state index is 0.197. The van der Waals surface area contributed by atoms with Gasteiger partial charge in [-0.05, 0) is 19.3 Å². The molecular formula is C9H10F3N3. The fourth-order valence-electron chi connectivity index (χ4n) is 2.95. The van der Waals surface area contributed by atoms with Crippen LogP contribution in [0.1, 0.15) is 25.0 Å². The lowest BCUT2D eigenvalue weighted by Gasteiger charge is -2.69. The quantitative estimate of drug-likeness (QED) is 0.718. The van der Waals surface area contributed by atoms with Crippen molar-refractivity contribution >= 4 is 0 Å². The summed E-state index contributed by atoms with van der Waals surface area (Å²) in [6, 6.07) is 0. The molecule has 1 aromatic rings. The van der Waals surface area contributed by atoms with Crippen LogP contribution in [0.15, 0.2) is 6.20 Å². The molecular weight excluding hydrogens is 207 g/mol. The van der Waals surface area contributed by atoms with Crippen molar-refractivity contribution in [3.63, 3.8) is 0 Å². The highest BCUT2D eigenvalue weighted by atomic mass is 19.4. The zero-order chi connectivity index (χ0) is 10.9. The van der Waals surface area contributed by atoms with Crippen molar-refractivity contribution in [3.8, 4) is 0 Å². The van der Waals surface area contributed by atoms with Crippen LogP contribution < -0.4 is 0 Å². The Bertz CT molecular complexity index is 401. The van der Waals surface area contributed by atoms with Gasteiger partial charge in [0, 0.05) is 18.7 Å².